The molecule has 0 N–H and O–H groups in total. The Morgan fingerprint density at radius 3 is 1.54 bits per heavy atom. The number of hydrogen-bond acceptors (Lipinski definition) is 1. The van der Waals surface area contributed by atoms with Gasteiger partial charge in [-0.25, -0.2) is 0 Å². The van der Waals surface area contributed by atoms with E-state index in [1.165, 1.54) is 32.4 Å². The Hall–Kier alpha value is -0.0400. The molecule has 0 radical (unpaired) electrons. The van der Waals surface area contributed by atoms with Crippen LogP contribution in [0, 0.1) is 0 Å². The Kier molecular flexibility index (Phi) is 14.2. The SMILES string of the molecule is CC.CCCN(CCC)C(C)CC. The average Bonchev–Trinajstić information content (AvgIpc) is 2.19. The van der Waals surface area contributed by atoms with Gasteiger partial charge in [-0.1, -0.05) is 34.6 Å². The van der Waals surface area contributed by atoms with E-state index in [0.717, 1.165) is 6.04 Å². The van der Waals surface area contributed by atoms with Crippen LogP contribution in [0.2, 0.25) is 0 Å². The maximum absolute atomic E-state index is 2.58. The van der Waals surface area contributed by atoms with Gasteiger partial charge in [0.1, 0.15) is 0 Å². The fraction of sp³-hybridized carbons (Fsp3) is 1.00. The number of nitrogens with zero attached hydrogens (tertiary/aromatic N) is 1. The van der Waals surface area contributed by atoms with Crippen LogP contribution < -0.4 is 0 Å². The summed E-state index contributed by atoms with van der Waals surface area (Å²) in [7, 11) is 0. The lowest BCUT2D eigenvalue weighted by Gasteiger charge is -2.27. The molecule has 0 aliphatic heterocycles. The van der Waals surface area contributed by atoms with Gasteiger partial charge in [0.15, 0.2) is 0 Å². The highest BCUT2D eigenvalue weighted by Gasteiger charge is 2.08. The fourth-order valence-electron chi connectivity index (χ4n) is 1.39. The van der Waals surface area contributed by atoms with Gasteiger partial charge in [0.2, 0.25) is 0 Å². The van der Waals surface area contributed by atoms with E-state index in [4.69, 9.17) is 0 Å². The van der Waals surface area contributed by atoms with Crippen molar-refractivity contribution in [2.75, 3.05) is 13.1 Å². The minimum absolute atomic E-state index is 0.773. The second-order valence-corrected chi connectivity index (χ2v) is 3.29. The third kappa shape index (κ3) is 8.29. The summed E-state index contributed by atoms with van der Waals surface area (Å²) in [5.74, 6) is 0. The number of hydrogen-bond donors (Lipinski definition) is 0. The van der Waals surface area contributed by atoms with Crippen LogP contribution in [0.5, 0.6) is 0 Å². The van der Waals surface area contributed by atoms with Crippen LogP contribution in [0.1, 0.15) is 60.8 Å². The van der Waals surface area contributed by atoms with Crippen LogP contribution in [0.3, 0.4) is 0 Å². The van der Waals surface area contributed by atoms with Gasteiger partial charge in [0.05, 0.1) is 0 Å². The summed E-state index contributed by atoms with van der Waals surface area (Å²) in [4.78, 5) is 2.58. The van der Waals surface area contributed by atoms with Crippen molar-refractivity contribution >= 4 is 0 Å². The van der Waals surface area contributed by atoms with Crippen molar-refractivity contribution in [1.82, 2.24) is 4.90 Å². The molecule has 0 aromatic heterocycles. The lowest BCUT2D eigenvalue weighted by molar-refractivity contribution is 0.204. The van der Waals surface area contributed by atoms with Gasteiger partial charge in [-0.05, 0) is 39.3 Å². The summed E-state index contributed by atoms with van der Waals surface area (Å²) in [6.45, 7) is 15.6. The Bertz CT molecular complexity index is 75.2. The summed E-state index contributed by atoms with van der Waals surface area (Å²) in [5, 5.41) is 0. The molecule has 0 fully saturated rings. The van der Waals surface area contributed by atoms with E-state index in [0.29, 0.717) is 0 Å². The highest BCUT2D eigenvalue weighted by atomic mass is 15.1. The van der Waals surface area contributed by atoms with Crippen molar-refractivity contribution in [3.05, 3.63) is 0 Å². The standard InChI is InChI=1S/C10H23N.C2H6/c1-5-8-11(9-6-2)10(4)7-3;1-2/h10H,5-9H2,1-4H3;1-2H3. The Morgan fingerprint density at radius 2 is 1.31 bits per heavy atom. The average molecular weight is 187 g/mol. The molecule has 82 valence electrons. The predicted octanol–water partition coefficient (Wildman–Crippen LogP) is 3.93. The van der Waals surface area contributed by atoms with Crippen LogP contribution in [0.4, 0.5) is 0 Å². The van der Waals surface area contributed by atoms with Crippen molar-refractivity contribution in [3.63, 3.8) is 0 Å². The van der Waals surface area contributed by atoms with Crippen LogP contribution in [-0.4, -0.2) is 24.0 Å². The molecule has 0 aromatic carbocycles. The third-order valence-corrected chi connectivity index (χ3v) is 2.24. The predicted molar refractivity (Wildman–Crippen MR) is 63.3 cm³/mol. The molecular formula is C12H29N. The van der Waals surface area contributed by atoms with E-state index >= 15 is 0 Å². The molecule has 1 atom stereocenters. The van der Waals surface area contributed by atoms with E-state index in [1.54, 1.807) is 0 Å². The Morgan fingerprint density at radius 1 is 0.923 bits per heavy atom. The molecular weight excluding hydrogens is 158 g/mol. The normalized spacial score (nSPS) is 12.2. The highest BCUT2D eigenvalue weighted by Crippen LogP contribution is 2.04. The van der Waals surface area contributed by atoms with E-state index < -0.39 is 0 Å². The molecule has 1 nitrogen and oxygen atoms in total. The molecule has 0 saturated carbocycles. The molecule has 0 saturated heterocycles. The highest BCUT2D eigenvalue weighted by molar-refractivity contribution is 4.63. The largest absolute Gasteiger partial charge is 0.301 e. The second kappa shape index (κ2) is 12.0. The van der Waals surface area contributed by atoms with E-state index in [2.05, 4.69) is 32.6 Å². The van der Waals surface area contributed by atoms with Crippen molar-refractivity contribution < 1.29 is 0 Å². The number of rotatable bonds is 6. The fourth-order valence-corrected chi connectivity index (χ4v) is 1.39. The first-order chi connectivity index (χ1) is 6.26. The molecule has 0 bridgehead atoms. The minimum atomic E-state index is 0.773. The van der Waals surface area contributed by atoms with E-state index in [1.807, 2.05) is 13.8 Å². The Balaban J connectivity index is 0. The van der Waals surface area contributed by atoms with Crippen molar-refractivity contribution in [3.8, 4) is 0 Å². The molecule has 13 heavy (non-hydrogen) atoms. The van der Waals surface area contributed by atoms with Crippen molar-refractivity contribution in [2.45, 2.75) is 66.8 Å². The molecule has 0 heterocycles. The van der Waals surface area contributed by atoms with Gasteiger partial charge in [0.25, 0.3) is 0 Å². The first-order valence-corrected chi connectivity index (χ1v) is 6.00. The van der Waals surface area contributed by atoms with Gasteiger partial charge in [0, 0.05) is 6.04 Å². The maximum Gasteiger partial charge on any atom is 0.00642 e. The summed E-state index contributed by atoms with van der Waals surface area (Å²) in [5.41, 5.74) is 0. The van der Waals surface area contributed by atoms with E-state index in [9.17, 15) is 0 Å². The quantitative estimate of drug-likeness (QED) is 0.609. The van der Waals surface area contributed by atoms with E-state index in [-0.39, 0.29) is 0 Å². The summed E-state index contributed by atoms with van der Waals surface area (Å²) >= 11 is 0. The zero-order valence-corrected chi connectivity index (χ0v) is 10.6. The smallest absolute Gasteiger partial charge is 0.00642 e. The topological polar surface area (TPSA) is 3.24 Å². The lowest BCUT2D eigenvalue weighted by atomic mass is 10.2. The molecule has 1 heteroatoms. The Labute approximate surface area is 85.5 Å². The van der Waals surface area contributed by atoms with Crippen LogP contribution in [0.15, 0.2) is 0 Å². The minimum Gasteiger partial charge on any atom is -0.301 e. The van der Waals surface area contributed by atoms with Crippen LogP contribution in [-0.2, 0) is 0 Å². The molecule has 0 aliphatic rings. The van der Waals surface area contributed by atoms with Crippen molar-refractivity contribution in [1.29, 1.82) is 0 Å². The van der Waals surface area contributed by atoms with Gasteiger partial charge in [-0.3, -0.25) is 0 Å². The molecule has 0 aromatic rings. The van der Waals surface area contributed by atoms with Gasteiger partial charge in [-0.15, -0.1) is 0 Å². The molecule has 0 spiro atoms. The molecule has 0 aliphatic carbocycles. The third-order valence-electron chi connectivity index (χ3n) is 2.24. The molecule has 0 rings (SSSR count). The van der Waals surface area contributed by atoms with Gasteiger partial charge >= 0.3 is 0 Å². The lowest BCUT2D eigenvalue weighted by Crippen LogP contribution is -2.33. The summed E-state index contributed by atoms with van der Waals surface area (Å²) < 4.78 is 0. The molecule has 0 amide bonds. The van der Waals surface area contributed by atoms with Crippen LogP contribution in [0.25, 0.3) is 0 Å². The van der Waals surface area contributed by atoms with Gasteiger partial charge in [-0.2, -0.15) is 0 Å². The van der Waals surface area contributed by atoms with Gasteiger partial charge < -0.3 is 4.90 Å². The summed E-state index contributed by atoms with van der Waals surface area (Å²) in [6.07, 6.45) is 3.84. The zero-order valence-electron chi connectivity index (χ0n) is 10.6. The zero-order chi connectivity index (χ0) is 10.7. The second-order valence-electron chi connectivity index (χ2n) is 3.29. The first-order valence-electron chi connectivity index (χ1n) is 6.00. The first kappa shape index (κ1) is 15.4. The molecule has 1 unspecified atom stereocenters. The van der Waals surface area contributed by atoms with Crippen molar-refractivity contribution in [2.24, 2.45) is 0 Å². The summed E-state index contributed by atoms with van der Waals surface area (Å²) in [6, 6.07) is 0.773. The van der Waals surface area contributed by atoms with Crippen LogP contribution >= 0.6 is 0 Å². The monoisotopic (exact) mass is 187 g/mol. The maximum atomic E-state index is 2.58.